The van der Waals surface area contributed by atoms with E-state index in [-0.39, 0.29) is 0 Å². The molecule has 0 N–H and O–H groups in total. The fourth-order valence-corrected chi connectivity index (χ4v) is 2.08. The predicted molar refractivity (Wildman–Crippen MR) is 84.2 cm³/mol. The van der Waals surface area contributed by atoms with E-state index in [1.807, 2.05) is 0 Å². The van der Waals surface area contributed by atoms with E-state index in [1.165, 1.54) is 18.2 Å². The standard InChI is InChI=1S/C15H21O7P/c1-4-7-10-13(16)20-23(19,21-14(17)11-8-5-2)22-15(18)12-9-6-3/h7-12H,4-6H2,1-3H3/b10-7+,11-8+,12-9+. The molecule has 0 fully saturated rings. The van der Waals surface area contributed by atoms with Gasteiger partial charge in [-0.15, -0.1) is 0 Å². The van der Waals surface area contributed by atoms with Crippen LogP contribution in [0.5, 0.6) is 0 Å². The number of carbonyl (C=O) groups excluding carboxylic acids is 3. The van der Waals surface area contributed by atoms with Crippen molar-refractivity contribution in [2.24, 2.45) is 0 Å². The lowest BCUT2D eigenvalue weighted by Gasteiger charge is -2.13. The van der Waals surface area contributed by atoms with Crippen molar-refractivity contribution in [3.8, 4) is 0 Å². The molecule has 0 radical (unpaired) electrons. The van der Waals surface area contributed by atoms with Crippen LogP contribution < -0.4 is 0 Å². The minimum atomic E-state index is -4.71. The van der Waals surface area contributed by atoms with E-state index >= 15 is 0 Å². The first-order valence-electron chi connectivity index (χ1n) is 7.17. The number of hydrogen-bond donors (Lipinski definition) is 0. The van der Waals surface area contributed by atoms with Gasteiger partial charge in [-0.05, 0) is 19.3 Å². The van der Waals surface area contributed by atoms with Crippen LogP contribution in [-0.4, -0.2) is 17.9 Å². The van der Waals surface area contributed by atoms with Gasteiger partial charge < -0.3 is 13.6 Å². The van der Waals surface area contributed by atoms with Crippen LogP contribution in [0.15, 0.2) is 36.5 Å². The smallest absolute Gasteiger partial charge is 0.348 e. The number of phosphoric acid groups is 1. The summed E-state index contributed by atoms with van der Waals surface area (Å²) in [6.07, 6.45) is 8.96. The van der Waals surface area contributed by atoms with Crippen LogP contribution in [0.25, 0.3) is 0 Å². The molecule has 128 valence electrons. The highest BCUT2D eigenvalue weighted by atomic mass is 31.2. The highest BCUT2D eigenvalue weighted by molar-refractivity contribution is 7.50. The van der Waals surface area contributed by atoms with Gasteiger partial charge in [0.1, 0.15) is 0 Å². The van der Waals surface area contributed by atoms with Crippen LogP contribution in [0.1, 0.15) is 40.0 Å². The van der Waals surface area contributed by atoms with Crippen molar-refractivity contribution < 1.29 is 32.5 Å². The molecule has 0 aliphatic carbocycles. The highest BCUT2D eigenvalue weighted by Gasteiger charge is 2.37. The Kier molecular flexibility index (Phi) is 10.4. The average molecular weight is 344 g/mol. The van der Waals surface area contributed by atoms with Crippen LogP contribution >= 0.6 is 7.82 Å². The van der Waals surface area contributed by atoms with E-state index in [0.717, 1.165) is 18.2 Å². The Morgan fingerprint density at radius 2 is 0.957 bits per heavy atom. The van der Waals surface area contributed by atoms with Crippen LogP contribution in [-0.2, 0) is 32.5 Å². The third-order valence-corrected chi connectivity index (χ3v) is 3.28. The Morgan fingerprint density at radius 3 is 1.17 bits per heavy atom. The van der Waals surface area contributed by atoms with E-state index in [0.29, 0.717) is 19.3 Å². The quantitative estimate of drug-likeness (QED) is 0.465. The maximum atomic E-state index is 12.3. The first-order chi connectivity index (χ1) is 10.9. The summed E-state index contributed by atoms with van der Waals surface area (Å²) < 4.78 is 25.9. The molecule has 8 heteroatoms. The first-order valence-corrected chi connectivity index (χ1v) is 8.63. The molecule has 0 aromatic carbocycles. The van der Waals surface area contributed by atoms with Crippen molar-refractivity contribution in [3.05, 3.63) is 36.5 Å². The first kappa shape index (κ1) is 20.9. The molecule has 0 spiro atoms. The molecule has 0 aliphatic heterocycles. The van der Waals surface area contributed by atoms with Gasteiger partial charge in [0.25, 0.3) is 0 Å². The minimum Gasteiger partial charge on any atom is -0.348 e. The Morgan fingerprint density at radius 1 is 0.696 bits per heavy atom. The van der Waals surface area contributed by atoms with Gasteiger partial charge in [-0.3, -0.25) is 0 Å². The summed E-state index contributed by atoms with van der Waals surface area (Å²) in [5, 5.41) is 0. The van der Waals surface area contributed by atoms with Gasteiger partial charge in [0.2, 0.25) is 0 Å². The Labute approximate surface area is 135 Å². The Bertz CT molecular complexity index is 470. The maximum Gasteiger partial charge on any atom is 0.654 e. The molecule has 0 saturated carbocycles. The summed E-state index contributed by atoms with van der Waals surface area (Å²) in [5.74, 6) is -3.14. The summed E-state index contributed by atoms with van der Waals surface area (Å²) in [7, 11) is -4.71. The number of carbonyl (C=O) groups is 3. The summed E-state index contributed by atoms with van der Waals surface area (Å²) >= 11 is 0. The minimum absolute atomic E-state index is 0.539. The lowest BCUT2D eigenvalue weighted by Crippen LogP contribution is -2.11. The maximum absolute atomic E-state index is 12.3. The summed E-state index contributed by atoms with van der Waals surface area (Å²) in [6.45, 7) is 5.32. The molecule has 0 amide bonds. The van der Waals surface area contributed by atoms with Gasteiger partial charge in [-0.1, -0.05) is 39.0 Å². The predicted octanol–water partition coefficient (Wildman–Crippen LogP) is 3.62. The third-order valence-electron chi connectivity index (χ3n) is 2.07. The summed E-state index contributed by atoms with van der Waals surface area (Å²) in [5.41, 5.74) is 0. The Balaban J connectivity index is 5.13. The highest BCUT2D eigenvalue weighted by Crippen LogP contribution is 2.50. The van der Waals surface area contributed by atoms with Crippen molar-refractivity contribution in [3.63, 3.8) is 0 Å². The molecule has 0 rings (SSSR count). The third kappa shape index (κ3) is 10.3. The lowest BCUT2D eigenvalue weighted by molar-refractivity contribution is -0.138. The molecular formula is C15H21O7P. The van der Waals surface area contributed by atoms with Gasteiger partial charge in [0.15, 0.2) is 0 Å². The topological polar surface area (TPSA) is 96.0 Å². The van der Waals surface area contributed by atoms with Crippen LogP contribution in [0.4, 0.5) is 0 Å². The molecule has 0 heterocycles. The zero-order chi connectivity index (χ0) is 17.7. The van der Waals surface area contributed by atoms with Crippen molar-refractivity contribution in [2.45, 2.75) is 40.0 Å². The summed E-state index contributed by atoms with van der Waals surface area (Å²) in [4.78, 5) is 34.5. The van der Waals surface area contributed by atoms with Crippen molar-refractivity contribution >= 4 is 25.7 Å². The van der Waals surface area contributed by atoms with Crippen LogP contribution in [0.3, 0.4) is 0 Å². The van der Waals surface area contributed by atoms with Crippen molar-refractivity contribution in [1.29, 1.82) is 0 Å². The van der Waals surface area contributed by atoms with Gasteiger partial charge in [0.05, 0.1) is 0 Å². The fourth-order valence-electron chi connectivity index (χ4n) is 1.12. The second kappa shape index (κ2) is 11.4. The van der Waals surface area contributed by atoms with Crippen LogP contribution in [0, 0.1) is 0 Å². The molecule has 0 saturated heterocycles. The second-order valence-corrected chi connectivity index (χ2v) is 5.55. The average Bonchev–Trinajstić information content (AvgIpc) is 2.48. The monoisotopic (exact) mass is 344 g/mol. The van der Waals surface area contributed by atoms with Gasteiger partial charge >= 0.3 is 25.7 Å². The van der Waals surface area contributed by atoms with E-state index in [2.05, 4.69) is 13.6 Å². The normalized spacial score (nSPS) is 12.0. The Hall–Kier alpha value is -2.14. The number of hydrogen-bond acceptors (Lipinski definition) is 7. The molecule has 0 bridgehead atoms. The molecule has 0 aliphatic rings. The van der Waals surface area contributed by atoms with E-state index in [4.69, 9.17) is 0 Å². The van der Waals surface area contributed by atoms with Crippen molar-refractivity contribution in [2.75, 3.05) is 0 Å². The molecule has 7 nitrogen and oxygen atoms in total. The van der Waals surface area contributed by atoms with Crippen molar-refractivity contribution in [1.82, 2.24) is 0 Å². The molecular weight excluding hydrogens is 323 g/mol. The molecule has 0 aromatic heterocycles. The lowest BCUT2D eigenvalue weighted by atomic mass is 10.4. The zero-order valence-corrected chi connectivity index (χ0v) is 14.3. The summed E-state index contributed by atoms with van der Waals surface area (Å²) in [6, 6.07) is 0. The molecule has 0 aromatic rings. The molecule has 0 atom stereocenters. The van der Waals surface area contributed by atoms with Gasteiger partial charge in [0, 0.05) is 18.2 Å². The molecule has 23 heavy (non-hydrogen) atoms. The fraction of sp³-hybridized carbons (Fsp3) is 0.400. The van der Waals surface area contributed by atoms with Crippen LogP contribution in [0.2, 0.25) is 0 Å². The number of rotatable bonds is 9. The zero-order valence-electron chi connectivity index (χ0n) is 13.4. The van der Waals surface area contributed by atoms with E-state index < -0.39 is 25.7 Å². The van der Waals surface area contributed by atoms with E-state index in [9.17, 15) is 18.9 Å². The van der Waals surface area contributed by atoms with Gasteiger partial charge in [-0.25, -0.2) is 14.4 Å². The second-order valence-electron chi connectivity index (χ2n) is 4.11. The van der Waals surface area contributed by atoms with Gasteiger partial charge in [-0.2, -0.15) is 4.57 Å². The number of phosphoric ester groups is 1. The largest absolute Gasteiger partial charge is 0.654 e. The van der Waals surface area contributed by atoms with E-state index in [1.54, 1.807) is 20.8 Å². The SMILES string of the molecule is CC/C=C/C(=O)OP(=O)(OC(=O)/C=C/CC)OC(=O)/C=C/CC. The number of allylic oxidation sites excluding steroid dienone is 3. The molecule has 0 unspecified atom stereocenters.